The van der Waals surface area contributed by atoms with E-state index < -0.39 is 0 Å². The van der Waals surface area contributed by atoms with E-state index in [4.69, 9.17) is 5.11 Å². The summed E-state index contributed by atoms with van der Waals surface area (Å²) >= 11 is 0. The zero-order valence-electron chi connectivity index (χ0n) is 8.30. The normalized spacial score (nSPS) is 16.9. The van der Waals surface area contributed by atoms with Gasteiger partial charge in [0.05, 0.1) is 0 Å². The summed E-state index contributed by atoms with van der Waals surface area (Å²) in [6.07, 6.45) is 2.44. The van der Waals surface area contributed by atoms with Gasteiger partial charge >= 0.3 is 0 Å². The van der Waals surface area contributed by atoms with Gasteiger partial charge in [-0.05, 0) is 30.6 Å². The number of aliphatic hydroxyl groups excluding tert-OH is 1. The van der Waals surface area contributed by atoms with Crippen molar-refractivity contribution in [2.75, 3.05) is 6.61 Å². The molecule has 11 heavy (non-hydrogen) atoms. The molecule has 0 radical (unpaired) electrons. The molecule has 1 N–H and O–H groups in total. The van der Waals surface area contributed by atoms with Crippen molar-refractivity contribution in [1.29, 1.82) is 0 Å². The predicted octanol–water partition coefficient (Wildman–Crippen LogP) is 2.69. The molecule has 0 aliphatic rings. The summed E-state index contributed by atoms with van der Waals surface area (Å²) in [6.45, 7) is 9.21. The van der Waals surface area contributed by atoms with E-state index in [-0.39, 0.29) is 0 Å². The van der Waals surface area contributed by atoms with Gasteiger partial charge in [-0.3, -0.25) is 0 Å². The number of rotatable bonds is 5. The highest BCUT2D eigenvalue weighted by molar-refractivity contribution is 4.60. The van der Waals surface area contributed by atoms with Crippen LogP contribution >= 0.6 is 0 Å². The summed E-state index contributed by atoms with van der Waals surface area (Å²) in [5, 5.41) is 8.82. The molecule has 0 heterocycles. The fraction of sp³-hybridized carbons (Fsp3) is 1.00. The van der Waals surface area contributed by atoms with Crippen LogP contribution in [0.3, 0.4) is 0 Å². The van der Waals surface area contributed by atoms with Gasteiger partial charge < -0.3 is 5.11 Å². The lowest BCUT2D eigenvalue weighted by Crippen LogP contribution is -2.08. The highest BCUT2D eigenvalue weighted by atomic mass is 16.3. The van der Waals surface area contributed by atoms with Crippen LogP contribution < -0.4 is 0 Å². The Morgan fingerprint density at radius 1 is 0.909 bits per heavy atom. The Bertz CT molecular complexity index is 88.9. The maximum atomic E-state index is 8.82. The van der Waals surface area contributed by atoms with E-state index in [1.807, 2.05) is 0 Å². The monoisotopic (exact) mass is 158 g/mol. The van der Waals surface area contributed by atoms with Gasteiger partial charge in [-0.1, -0.05) is 27.7 Å². The second-order valence-corrected chi connectivity index (χ2v) is 4.26. The first kappa shape index (κ1) is 11.0. The largest absolute Gasteiger partial charge is 0.396 e. The molecule has 0 saturated heterocycles. The van der Waals surface area contributed by atoms with Crippen LogP contribution in [0.25, 0.3) is 0 Å². The van der Waals surface area contributed by atoms with Gasteiger partial charge in [-0.15, -0.1) is 0 Å². The van der Waals surface area contributed by atoms with E-state index in [1.165, 1.54) is 6.42 Å². The number of hydrogen-bond donors (Lipinski definition) is 1. The van der Waals surface area contributed by atoms with Crippen LogP contribution in [0, 0.1) is 17.8 Å². The molecule has 0 amide bonds. The van der Waals surface area contributed by atoms with Crippen molar-refractivity contribution >= 4 is 0 Å². The highest BCUT2D eigenvalue weighted by Gasteiger charge is 2.08. The second kappa shape index (κ2) is 5.59. The molecule has 2 atom stereocenters. The van der Waals surface area contributed by atoms with Crippen LogP contribution in [-0.2, 0) is 0 Å². The Balaban J connectivity index is 3.43. The number of hydrogen-bond acceptors (Lipinski definition) is 1. The molecule has 0 fully saturated rings. The summed E-state index contributed by atoms with van der Waals surface area (Å²) in [7, 11) is 0. The van der Waals surface area contributed by atoms with Crippen molar-refractivity contribution in [3.8, 4) is 0 Å². The molecule has 0 aromatic carbocycles. The quantitative estimate of drug-likeness (QED) is 0.652. The molecule has 0 aliphatic carbocycles. The summed E-state index contributed by atoms with van der Waals surface area (Å²) in [5.74, 6) is 2.02. The third kappa shape index (κ3) is 6.36. The van der Waals surface area contributed by atoms with Crippen molar-refractivity contribution in [2.45, 2.75) is 40.5 Å². The van der Waals surface area contributed by atoms with Gasteiger partial charge in [0.25, 0.3) is 0 Å². The topological polar surface area (TPSA) is 20.2 Å². The first-order valence-corrected chi connectivity index (χ1v) is 4.67. The maximum Gasteiger partial charge on any atom is 0.0456 e. The fourth-order valence-electron chi connectivity index (χ4n) is 1.66. The number of aliphatic hydroxyl groups is 1. The van der Waals surface area contributed by atoms with Crippen LogP contribution in [0.15, 0.2) is 0 Å². The van der Waals surface area contributed by atoms with Crippen molar-refractivity contribution < 1.29 is 5.11 Å². The van der Waals surface area contributed by atoms with E-state index in [2.05, 4.69) is 27.7 Å². The Morgan fingerprint density at radius 2 is 1.45 bits per heavy atom. The zero-order chi connectivity index (χ0) is 8.85. The van der Waals surface area contributed by atoms with E-state index in [0.29, 0.717) is 12.5 Å². The third-order valence-electron chi connectivity index (χ3n) is 1.99. The Morgan fingerprint density at radius 3 is 1.82 bits per heavy atom. The van der Waals surface area contributed by atoms with Gasteiger partial charge in [0.2, 0.25) is 0 Å². The SMILES string of the molecule is CC(C)C[C@H](C)C[C@H](C)CO. The Hall–Kier alpha value is -0.0400. The summed E-state index contributed by atoms with van der Waals surface area (Å²) in [5.41, 5.74) is 0. The molecule has 68 valence electrons. The zero-order valence-corrected chi connectivity index (χ0v) is 8.30. The van der Waals surface area contributed by atoms with Gasteiger partial charge in [-0.25, -0.2) is 0 Å². The molecule has 1 heteroatoms. The van der Waals surface area contributed by atoms with Crippen molar-refractivity contribution in [2.24, 2.45) is 17.8 Å². The summed E-state index contributed by atoms with van der Waals surface area (Å²) in [6, 6.07) is 0. The van der Waals surface area contributed by atoms with Gasteiger partial charge in [0, 0.05) is 6.61 Å². The minimum atomic E-state index is 0.336. The minimum Gasteiger partial charge on any atom is -0.396 e. The third-order valence-corrected chi connectivity index (χ3v) is 1.99. The summed E-state index contributed by atoms with van der Waals surface area (Å²) in [4.78, 5) is 0. The van der Waals surface area contributed by atoms with Crippen molar-refractivity contribution in [3.63, 3.8) is 0 Å². The molecule has 0 aliphatic heterocycles. The van der Waals surface area contributed by atoms with Gasteiger partial charge in [0.15, 0.2) is 0 Å². The lowest BCUT2D eigenvalue weighted by Gasteiger charge is -2.16. The fourth-order valence-corrected chi connectivity index (χ4v) is 1.66. The second-order valence-electron chi connectivity index (χ2n) is 4.26. The van der Waals surface area contributed by atoms with Gasteiger partial charge in [-0.2, -0.15) is 0 Å². The van der Waals surface area contributed by atoms with Gasteiger partial charge in [0.1, 0.15) is 0 Å². The molecular weight excluding hydrogens is 136 g/mol. The first-order valence-electron chi connectivity index (χ1n) is 4.67. The van der Waals surface area contributed by atoms with Crippen molar-refractivity contribution in [3.05, 3.63) is 0 Å². The Labute approximate surface area is 70.8 Å². The first-order chi connectivity index (χ1) is 5.06. The summed E-state index contributed by atoms with van der Waals surface area (Å²) < 4.78 is 0. The molecule has 0 bridgehead atoms. The standard InChI is InChI=1S/C10H22O/c1-8(2)5-9(3)6-10(4)7-11/h8-11H,5-7H2,1-4H3/t9-,10-/m0/s1. The smallest absolute Gasteiger partial charge is 0.0456 e. The average Bonchev–Trinajstić information content (AvgIpc) is 1.85. The van der Waals surface area contributed by atoms with Crippen LogP contribution in [0.5, 0.6) is 0 Å². The predicted molar refractivity (Wildman–Crippen MR) is 49.5 cm³/mol. The molecule has 0 spiro atoms. The molecule has 0 saturated carbocycles. The van der Waals surface area contributed by atoms with E-state index >= 15 is 0 Å². The lowest BCUT2D eigenvalue weighted by atomic mass is 9.91. The molecule has 1 nitrogen and oxygen atoms in total. The molecule has 0 aromatic rings. The average molecular weight is 158 g/mol. The van der Waals surface area contributed by atoms with Crippen molar-refractivity contribution in [1.82, 2.24) is 0 Å². The van der Waals surface area contributed by atoms with E-state index in [9.17, 15) is 0 Å². The Kier molecular flexibility index (Phi) is 5.57. The van der Waals surface area contributed by atoms with Crippen LogP contribution in [0.2, 0.25) is 0 Å². The van der Waals surface area contributed by atoms with E-state index in [0.717, 1.165) is 18.3 Å². The van der Waals surface area contributed by atoms with Crippen LogP contribution in [-0.4, -0.2) is 11.7 Å². The maximum absolute atomic E-state index is 8.82. The molecular formula is C10H22O. The van der Waals surface area contributed by atoms with Crippen LogP contribution in [0.4, 0.5) is 0 Å². The highest BCUT2D eigenvalue weighted by Crippen LogP contribution is 2.18. The molecule has 0 aromatic heterocycles. The van der Waals surface area contributed by atoms with E-state index in [1.54, 1.807) is 0 Å². The molecule has 0 rings (SSSR count). The van der Waals surface area contributed by atoms with Crippen LogP contribution in [0.1, 0.15) is 40.5 Å². The molecule has 0 unspecified atom stereocenters. The minimum absolute atomic E-state index is 0.336. The lowest BCUT2D eigenvalue weighted by molar-refractivity contribution is 0.209.